The van der Waals surface area contributed by atoms with Crippen LogP contribution in [0.5, 0.6) is 0 Å². The number of nitrogen functional groups attached to an aromatic ring is 1. The summed E-state index contributed by atoms with van der Waals surface area (Å²) in [5.74, 6) is 0.0758. The van der Waals surface area contributed by atoms with Crippen molar-refractivity contribution in [2.75, 3.05) is 5.73 Å². The molecule has 2 aromatic carbocycles. The van der Waals surface area contributed by atoms with E-state index in [0.29, 0.717) is 17.1 Å². The standard InChI is InChI=1S/C17H11FN4/c18-13-8-4-7-12(9-13)15-14(10-19)16(20)22-17(21-15)11-5-2-1-3-6-11/h1-9H,(H2,20,21,22). The Hall–Kier alpha value is -3.26. The van der Waals surface area contributed by atoms with E-state index in [1.807, 2.05) is 36.4 Å². The molecule has 0 fully saturated rings. The van der Waals surface area contributed by atoms with E-state index in [-0.39, 0.29) is 11.4 Å². The molecule has 0 unspecified atom stereocenters. The minimum absolute atomic E-state index is 0.0793. The molecule has 2 N–H and O–H groups in total. The summed E-state index contributed by atoms with van der Waals surface area (Å²) in [4.78, 5) is 8.58. The number of nitrogens with two attached hydrogens (primary N) is 1. The van der Waals surface area contributed by atoms with Gasteiger partial charge in [0.05, 0.1) is 5.69 Å². The van der Waals surface area contributed by atoms with Gasteiger partial charge < -0.3 is 5.73 Å². The van der Waals surface area contributed by atoms with Crippen LogP contribution in [-0.4, -0.2) is 9.97 Å². The van der Waals surface area contributed by atoms with Crippen LogP contribution in [0.1, 0.15) is 5.56 Å². The highest BCUT2D eigenvalue weighted by Gasteiger charge is 2.15. The van der Waals surface area contributed by atoms with Crippen molar-refractivity contribution in [3.63, 3.8) is 0 Å². The van der Waals surface area contributed by atoms with Gasteiger partial charge in [-0.1, -0.05) is 42.5 Å². The smallest absolute Gasteiger partial charge is 0.162 e. The summed E-state index contributed by atoms with van der Waals surface area (Å²) in [6, 6.07) is 17.2. The van der Waals surface area contributed by atoms with Crippen molar-refractivity contribution in [3.05, 3.63) is 66.0 Å². The number of nitrogens with zero attached hydrogens (tertiary/aromatic N) is 3. The fraction of sp³-hybridized carbons (Fsp3) is 0. The van der Waals surface area contributed by atoms with Crippen LogP contribution in [-0.2, 0) is 0 Å². The number of rotatable bonds is 2. The lowest BCUT2D eigenvalue weighted by Gasteiger charge is -2.09. The van der Waals surface area contributed by atoms with Crippen molar-refractivity contribution >= 4 is 5.82 Å². The molecule has 0 spiro atoms. The number of nitriles is 1. The molecule has 3 aromatic rings. The lowest BCUT2D eigenvalue weighted by Crippen LogP contribution is -2.03. The van der Waals surface area contributed by atoms with Crippen molar-refractivity contribution in [2.45, 2.75) is 0 Å². The minimum atomic E-state index is -0.403. The summed E-state index contributed by atoms with van der Waals surface area (Å²) in [6.07, 6.45) is 0. The maximum absolute atomic E-state index is 13.5. The highest BCUT2D eigenvalue weighted by molar-refractivity contribution is 5.74. The summed E-state index contributed by atoms with van der Waals surface area (Å²) >= 11 is 0. The van der Waals surface area contributed by atoms with Crippen LogP contribution >= 0.6 is 0 Å². The van der Waals surface area contributed by atoms with E-state index in [1.165, 1.54) is 12.1 Å². The predicted octanol–water partition coefficient (Wildman–Crippen LogP) is 3.40. The average Bonchev–Trinajstić information content (AvgIpc) is 2.55. The van der Waals surface area contributed by atoms with Gasteiger partial charge in [0.1, 0.15) is 23.3 Å². The van der Waals surface area contributed by atoms with Crippen LogP contribution in [0, 0.1) is 17.1 Å². The van der Waals surface area contributed by atoms with Crippen LogP contribution in [0.2, 0.25) is 0 Å². The summed E-state index contributed by atoms with van der Waals surface area (Å²) in [7, 11) is 0. The molecule has 0 aliphatic carbocycles. The maximum atomic E-state index is 13.5. The molecule has 0 aliphatic rings. The first-order chi connectivity index (χ1) is 10.7. The molecule has 22 heavy (non-hydrogen) atoms. The number of aromatic nitrogens is 2. The molecular formula is C17H11FN4. The van der Waals surface area contributed by atoms with Gasteiger partial charge >= 0.3 is 0 Å². The Morgan fingerprint density at radius 3 is 2.36 bits per heavy atom. The largest absolute Gasteiger partial charge is 0.382 e. The predicted molar refractivity (Wildman–Crippen MR) is 82.0 cm³/mol. The van der Waals surface area contributed by atoms with E-state index < -0.39 is 5.82 Å². The average molecular weight is 290 g/mol. The highest BCUT2D eigenvalue weighted by Crippen LogP contribution is 2.28. The fourth-order valence-corrected chi connectivity index (χ4v) is 2.15. The lowest BCUT2D eigenvalue weighted by atomic mass is 10.1. The third kappa shape index (κ3) is 2.50. The molecule has 0 aliphatic heterocycles. The molecular weight excluding hydrogens is 279 g/mol. The van der Waals surface area contributed by atoms with Crippen LogP contribution < -0.4 is 5.73 Å². The lowest BCUT2D eigenvalue weighted by molar-refractivity contribution is 0.628. The van der Waals surface area contributed by atoms with Crippen molar-refractivity contribution < 1.29 is 4.39 Å². The Bertz CT molecular complexity index is 870. The van der Waals surface area contributed by atoms with Gasteiger partial charge in [0.2, 0.25) is 0 Å². The summed E-state index contributed by atoms with van der Waals surface area (Å²) in [5, 5.41) is 9.29. The van der Waals surface area contributed by atoms with Crippen molar-refractivity contribution in [1.29, 1.82) is 5.26 Å². The van der Waals surface area contributed by atoms with Crippen LogP contribution in [0.25, 0.3) is 22.6 Å². The summed E-state index contributed by atoms with van der Waals surface area (Å²) < 4.78 is 13.5. The van der Waals surface area contributed by atoms with Gasteiger partial charge in [0.15, 0.2) is 5.82 Å². The summed E-state index contributed by atoms with van der Waals surface area (Å²) in [5.41, 5.74) is 7.61. The normalized spacial score (nSPS) is 10.2. The number of benzene rings is 2. The zero-order valence-electron chi connectivity index (χ0n) is 11.5. The molecule has 0 radical (unpaired) electrons. The zero-order valence-corrected chi connectivity index (χ0v) is 11.5. The maximum Gasteiger partial charge on any atom is 0.162 e. The van der Waals surface area contributed by atoms with E-state index in [2.05, 4.69) is 9.97 Å². The Kier molecular flexibility index (Phi) is 3.50. The highest BCUT2D eigenvalue weighted by atomic mass is 19.1. The second-order valence-electron chi connectivity index (χ2n) is 4.64. The number of hydrogen-bond acceptors (Lipinski definition) is 4. The van der Waals surface area contributed by atoms with Gasteiger partial charge in [0, 0.05) is 11.1 Å². The van der Waals surface area contributed by atoms with Crippen molar-refractivity contribution in [1.82, 2.24) is 9.97 Å². The second-order valence-corrected chi connectivity index (χ2v) is 4.64. The van der Waals surface area contributed by atoms with E-state index >= 15 is 0 Å². The van der Waals surface area contributed by atoms with Gasteiger partial charge in [-0.15, -0.1) is 0 Å². The molecule has 1 heterocycles. The molecule has 1 aromatic heterocycles. The molecule has 0 atom stereocenters. The first-order valence-corrected chi connectivity index (χ1v) is 6.58. The van der Waals surface area contributed by atoms with Gasteiger partial charge in [-0.2, -0.15) is 5.26 Å². The monoisotopic (exact) mass is 290 g/mol. The molecule has 0 amide bonds. The Labute approximate surface area is 126 Å². The summed E-state index contributed by atoms with van der Waals surface area (Å²) in [6.45, 7) is 0. The molecule has 0 saturated carbocycles. The second kappa shape index (κ2) is 5.62. The van der Waals surface area contributed by atoms with Gasteiger partial charge in [-0.05, 0) is 12.1 Å². The SMILES string of the molecule is N#Cc1c(N)nc(-c2ccccc2)nc1-c1cccc(F)c1. The van der Waals surface area contributed by atoms with Gasteiger partial charge in [-0.3, -0.25) is 0 Å². The van der Waals surface area contributed by atoms with Crippen LogP contribution in [0.3, 0.4) is 0 Å². The number of halogens is 1. The van der Waals surface area contributed by atoms with E-state index in [4.69, 9.17) is 5.73 Å². The quantitative estimate of drug-likeness (QED) is 0.784. The number of anilines is 1. The molecule has 0 saturated heterocycles. The minimum Gasteiger partial charge on any atom is -0.382 e. The Balaban J connectivity index is 2.25. The van der Waals surface area contributed by atoms with Gasteiger partial charge in [0.25, 0.3) is 0 Å². The fourth-order valence-electron chi connectivity index (χ4n) is 2.15. The third-order valence-electron chi connectivity index (χ3n) is 3.18. The Morgan fingerprint density at radius 2 is 1.68 bits per heavy atom. The molecule has 106 valence electrons. The zero-order chi connectivity index (χ0) is 15.5. The van der Waals surface area contributed by atoms with E-state index in [1.54, 1.807) is 12.1 Å². The van der Waals surface area contributed by atoms with E-state index in [9.17, 15) is 9.65 Å². The van der Waals surface area contributed by atoms with Crippen molar-refractivity contribution in [3.8, 4) is 28.7 Å². The number of hydrogen-bond donors (Lipinski definition) is 1. The van der Waals surface area contributed by atoms with Crippen molar-refractivity contribution in [2.24, 2.45) is 0 Å². The first-order valence-electron chi connectivity index (χ1n) is 6.58. The van der Waals surface area contributed by atoms with Gasteiger partial charge in [-0.25, -0.2) is 14.4 Å². The first kappa shape index (κ1) is 13.7. The van der Waals surface area contributed by atoms with Crippen LogP contribution in [0.15, 0.2) is 54.6 Å². The van der Waals surface area contributed by atoms with E-state index in [0.717, 1.165) is 5.56 Å². The van der Waals surface area contributed by atoms with Crippen LogP contribution in [0.4, 0.5) is 10.2 Å². The molecule has 5 heteroatoms. The topological polar surface area (TPSA) is 75.6 Å². The molecule has 3 rings (SSSR count). The Morgan fingerprint density at radius 1 is 0.955 bits per heavy atom. The third-order valence-corrected chi connectivity index (χ3v) is 3.18. The molecule has 4 nitrogen and oxygen atoms in total. The molecule has 0 bridgehead atoms.